The Labute approximate surface area is 97.4 Å². The SMILES string of the molecule is Cn1nncc1CNC(C)(C)C1CCCC1. The molecule has 0 spiro atoms. The summed E-state index contributed by atoms with van der Waals surface area (Å²) >= 11 is 0. The maximum Gasteiger partial charge on any atom is 0.0738 e. The molecule has 4 nitrogen and oxygen atoms in total. The van der Waals surface area contributed by atoms with E-state index in [0.29, 0.717) is 0 Å². The molecule has 1 aliphatic rings. The maximum atomic E-state index is 3.94. The fourth-order valence-electron chi connectivity index (χ4n) is 2.58. The number of rotatable bonds is 4. The van der Waals surface area contributed by atoms with Crippen LogP contribution in [0.15, 0.2) is 6.20 Å². The summed E-state index contributed by atoms with van der Waals surface area (Å²) in [5.74, 6) is 0.814. The van der Waals surface area contributed by atoms with E-state index < -0.39 is 0 Å². The lowest BCUT2D eigenvalue weighted by Crippen LogP contribution is -2.44. The fourth-order valence-corrected chi connectivity index (χ4v) is 2.58. The van der Waals surface area contributed by atoms with Crippen LogP contribution in [0.1, 0.15) is 45.2 Å². The van der Waals surface area contributed by atoms with Crippen LogP contribution < -0.4 is 5.32 Å². The van der Waals surface area contributed by atoms with E-state index in [1.165, 1.54) is 25.7 Å². The van der Waals surface area contributed by atoms with E-state index in [2.05, 4.69) is 29.5 Å². The molecule has 1 N–H and O–H groups in total. The third-order valence-electron chi connectivity index (χ3n) is 3.91. The highest BCUT2D eigenvalue weighted by Crippen LogP contribution is 2.33. The van der Waals surface area contributed by atoms with Crippen LogP contribution in [0.25, 0.3) is 0 Å². The summed E-state index contributed by atoms with van der Waals surface area (Å²) in [4.78, 5) is 0. The molecule has 0 radical (unpaired) electrons. The predicted octanol–water partition coefficient (Wildman–Crippen LogP) is 1.87. The summed E-state index contributed by atoms with van der Waals surface area (Å²) in [5.41, 5.74) is 1.37. The molecule has 0 aromatic carbocycles. The maximum absolute atomic E-state index is 3.94. The second-order valence-electron chi connectivity index (χ2n) is 5.41. The average molecular weight is 222 g/mol. The van der Waals surface area contributed by atoms with Crippen LogP contribution in [0.2, 0.25) is 0 Å². The lowest BCUT2D eigenvalue weighted by molar-refractivity contribution is 0.252. The van der Waals surface area contributed by atoms with Gasteiger partial charge in [-0.05, 0) is 32.6 Å². The number of nitrogens with zero attached hydrogens (tertiary/aromatic N) is 3. The number of aryl methyl sites for hydroxylation is 1. The molecular formula is C12H22N4. The first kappa shape index (κ1) is 11.6. The molecule has 0 unspecified atom stereocenters. The Hall–Kier alpha value is -0.900. The van der Waals surface area contributed by atoms with E-state index in [9.17, 15) is 0 Å². The van der Waals surface area contributed by atoms with E-state index in [1.54, 1.807) is 0 Å². The minimum absolute atomic E-state index is 0.223. The third kappa shape index (κ3) is 2.43. The molecule has 0 bridgehead atoms. The Balaban J connectivity index is 1.91. The lowest BCUT2D eigenvalue weighted by atomic mass is 9.86. The standard InChI is InChI=1S/C12H22N4/c1-12(2,10-6-4-5-7-10)13-8-11-9-14-15-16(11)3/h9-10,13H,4-8H2,1-3H3. The van der Waals surface area contributed by atoms with E-state index in [0.717, 1.165) is 18.2 Å². The van der Waals surface area contributed by atoms with E-state index in [4.69, 9.17) is 0 Å². The Morgan fingerprint density at radius 2 is 2.12 bits per heavy atom. The Bertz CT molecular complexity index is 337. The van der Waals surface area contributed by atoms with E-state index in [-0.39, 0.29) is 5.54 Å². The summed E-state index contributed by atoms with van der Waals surface area (Å²) in [5, 5.41) is 11.5. The number of hydrogen-bond acceptors (Lipinski definition) is 3. The molecule has 90 valence electrons. The van der Waals surface area contributed by atoms with Crippen molar-refractivity contribution in [3.8, 4) is 0 Å². The van der Waals surface area contributed by atoms with Gasteiger partial charge in [-0.3, -0.25) is 4.68 Å². The van der Waals surface area contributed by atoms with Crippen LogP contribution in [0.4, 0.5) is 0 Å². The highest BCUT2D eigenvalue weighted by Gasteiger charge is 2.31. The largest absolute Gasteiger partial charge is 0.306 e. The van der Waals surface area contributed by atoms with Gasteiger partial charge >= 0.3 is 0 Å². The van der Waals surface area contributed by atoms with Gasteiger partial charge in [0.15, 0.2) is 0 Å². The first-order valence-electron chi connectivity index (χ1n) is 6.18. The molecule has 1 aromatic rings. The molecule has 1 aromatic heterocycles. The van der Waals surface area contributed by atoms with Crippen molar-refractivity contribution < 1.29 is 0 Å². The summed E-state index contributed by atoms with van der Waals surface area (Å²) in [6.45, 7) is 5.48. The van der Waals surface area contributed by atoms with Crippen LogP contribution in [0.3, 0.4) is 0 Å². The van der Waals surface area contributed by atoms with Gasteiger partial charge in [0.1, 0.15) is 0 Å². The van der Waals surface area contributed by atoms with Crippen LogP contribution in [0.5, 0.6) is 0 Å². The number of hydrogen-bond donors (Lipinski definition) is 1. The second-order valence-corrected chi connectivity index (χ2v) is 5.41. The van der Waals surface area contributed by atoms with Gasteiger partial charge in [-0.2, -0.15) is 0 Å². The molecule has 16 heavy (non-hydrogen) atoms. The summed E-state index contributed by atoms with van der Waals surface area (Å²) in [6.07, 6.45) is 7.34. The molecule has 4 heteroatoms. The zero-order valence-corrected chi connectivity index (χ0v) is 10.5. The molecule has 1 saturated carbocycles. The molecule has 0 amide bonds. The van der Waals surface area contributed by atoms with Crippen LogP contribution in [-0.2, 0) is 13.6 Å². The lowest BCUT2D eigenvalue weighted by Gasteiger charge is -2.33. The number of nitrogens with one attached hydrogen (secondary N) is 1. The van der Waals surface area contributed by atoms with Crippen LogP contribution >= 0.6 is 0 Å². The zero-order valence-electron chi connectivity index (χ0n) is 10.5. The van der Waals surface area contributed by atoms with Gasteiger partial charge in [-0.1, -0.05) is 18.1 Å². The Morgan fingerprint density at radius 1 is 1.44 bits per heavy atom. The quantitative estimate of drug-likeness (QED) is 0.845. The molecule has 0 atom stereocenters. The first-order valence-corrected chi connectivity index (χ1v) is 6.18. The third-order valence-corrected chi connectivity index (χ3v) is 3.91. The molecule has 2 rings (SSSR count). The molecular weight excluding hydrogens is 200 g/mol. The smallest absolute Gasteiger partial charge is 0.0738 e. The van der Waals surface area contributed by atoms with Crippen molar-refractivity contribution >= 4 is 0 Å². The predicted molar refractivity (Wildman–Crippen MR) is 63.9 cm³/mol. The van der Waals surface area contributed by atoms with Gasteiger partial charge in [-0.25, -0.2) is 0 Å². The molecule has 1 aliphatic carbocycles. The topological polar surface area (TPSA) is 42.7 Å². The number of aromatic nitrogens is 3. The van der Waals surface area contributed by atoms with Crippen LogP contribution in [-0.4, -0.2) is 20.5 Å². The summed E-state index contributed by atoms with van der Waals surface area (Å²) < 4.78 is 1.83. The van der Waals surface area contributed by atoms with Gasteiger partial charge in [0, 0.05) is 19.1 Å². The van der Waals surface area contributed by atoms with Crippen molar-refractivity contribution in [3.05, 3.63) is 11.9 Å². The molecule has 1 fully saturated rings. The minimum Gasteiger partial charge on any atom is -0.306 e. The van der Waals surface area contributed by atoms with Crippen molar-refractivity contribution in [3.63, 3.8) is 0 Å². The zero-order chi connectivity index (χ0) is 11.6. The van der Waals surface area contributed by atoms with Crippen LogP contribution in [0, 0.1) is 5.92 Å². The van der Waals surface area contributed by atoms with Gasteiger partial charge in [-0.15, -0.1) is 5.10 Å². The van der Waals surface area contributed by atoms with E-state index >= 15 is 0 Å². The van der Waals surface area contributed by atoms with Crippen molar-refractivity contribution in [2.24, 2.45) is 13.0 Å². The second kappa shape index (κ2) is 4.53. The minimum atomic E-state index is 0.223. The van der Waals surface area contributed by atoms with Gasteiger partial charge in [0.2, 0.25) is 0 Å². The molecule has 1 heterocycles. The first-order chi connectivity index (χ1) is 7.59. The van der Waals surface area contributed by atoms with Crippen molar-refractivity contribution in [1.82, 2.24) is 20.3 Å². The molecule has 0 saturated heterocycles. The average Bonchev–Trinajstić information content (AvgIpc) is 2.85. The van der Waals surface area contributed by atoms with Crippen molar-refractivity contribution in [2.75, 3.05) is 0 Å². The Kier molecular flexibility index (Phi) is 3.28. The van der Waals surface area contributed by atoms with E-state index in [1.807, 2.05) is 17.9 Å². The Morgan fingerprint density at radius 3 is 2.69 bits per heavy atom. The van der Waals surface area contributed by atoms with Crippen molar-refractivity contribution in [1.29, 1.82) is 0 Å². The highest BCUT2D eigenvalue weighted by molar-refractivity contribution is 4.96. The summed E-state index contributed by atoms with van der Waals surface area (Å²) in [7, 11) is 1.94. The van der Waals surface area contributed by atoms with Gasteiger partial charge in [0.25, 0.3) is 0 Å². The monoisotopic (exact) mass is 222 g/mol. The molecule has 0 aliphatic heterocycles. The highest BCUT2D eigenvalue weighted by atomic mass is 15.4. The van der Waals surface area contributed by atoms with Gasteiger partial charge < -0.3 is 5.32 Å². The fraction of sp³-hybridized carbons (Fsp3) is 0.833. The normalized spacial score (nSPS) is 18.2. The van der Waals surface area contributed by atoms with Gasteiger partial charge in [0.05, 0.1) is 11.9 Å². The van der Waals surface area contributed by atoms with Crippen molar-refractivity contribution in [2.45, 2.75) is 51.6 Å². The summed E-state index contributed by atoms with van der Waals surface area (Å²) in [6, 6.07) is 0.